The first-order valence-electron chi connectivity index (χ1n) is 8.39. The first-order valence-corrected chi connectivity index (χ1v) is 8.39. The van der Waals surface area contributed by atoms with E-state index < -0.39 is 0 Å². The van der Waals surface area contributed by atoms with Crippen LogP contribution in [0.1, 0.15) is 47.0 Å². The molecule has 1 aliphatic heterocycles. The summed E-state index contributed by atoms with van der Waals surface area (Å²) in [5.41, 5.74) is 0. The minimum absolute atomic E-state index is 0.00479. The summed E-state index contributed by atoms with van der Waals surface area (Å²) in [5.74, 6) is 2.62. The van der Waals surface area contributed by atoms with Crippen LogP contribution in [0.3, 0.4) is 0 Å². The van der Waals surface area contributed by atoms with Crippen LogP contribution in [-0.2, 0) is 4.79 Å². The van der Waals surface area contributed by atoms with Crippen LogP contribution in [0.25, 0.3) is 0 Å². The molecule has 1 unspecified atom stereocenters. The second kappa shape index (κ2) is 9.64. The van der Waals surface area contributed by atoms with E-state index in [2.05, 4.69) is 41.3 Å². The number of likely N-dealkylation sites (tertiary alicyclic amines) is 1. The van der Waals surface area contributed by atoms with Crippen molar-refractivity contribution >= 4 is 11.9 Å². The monoisotopic (exact) mass is 296 g/mol. The Balaban J connectivity index is 2.53. The van der Waals surface area contributed by atoms with Gasteiger partial charge in [0, 0.05) is 33.1 Å². The van der Waals surface area contributed by atoms with E-state index in [-0.39, 0.29) is 5.91 Å². The average molecular weight is 296 g/mol. The predicted octanol–water partition coefficient (Wildman–Crippen LogP) is 1.85. The third-order valence-corrected chi connectivity index (χ3v) is 4.32. The van der Waals surface area contributed by atoms with Crippen LogP contribution < -0.4 is 10.6 Å². The summed E-state index contributed by atoms with van der Waals surface area (Å²) in [6.07, 6.45) is 3.80. The van der Waals surface area contributed by atoms with E-state index in [1.54, 1.807) is 0 Å². The molecule has 122 valence electrons. The zero-order valence-corrected chi connectivity index (χ0v) is 14.1. The van der Waals surface area contributed by atoms with Crippen molar-refractivity contribution < 1.29 is 4.79 Å². The molecule has 0 bridgehead atoms. The van der Waals surface area contributed by atoms with Gasteiger partial charge in [-0.1, -0.05) is 26.7 Å². The van der Waals surface area contributed by atoms with Crippen LogP contribution in [0.5, 0.6) is 0 Å². The van der Waals surface area contributed by atoms with E-state index in [1.165, 1.54) is 26.2 Å². The van der Waals surface area contributed by atoms with Gasteiger partial charge in [-0.3, -0.25) is 9.79 Å². The number of guanidine groups is 1. The van der Waals surface area contributed by atoms with Crippen molar-refractivity contribution in [2.45, 2.75) is 47.0 Å². The summed E-state index contributed by atoms with van der Waals surface area (Å²) in [7, 11) is 0. The highest BCUT2D eigenvalue weighted by molar-refractivity contribution is 5.80. The number of hydrogen-bond donors (Lipinski definition) is 2. The smallest absolute Gasteiger partial charge is 0.216 e. The molecule has 0 spiro atoms. The Hall–Kier alpha value is -1.26. The Morgan fingerprint density at radius 1 is 1.29 bits per heavy atom. The lowest BCUT2D eigenvalue weighted by Gasteiger charge is -2.24. The number of amides is 1. The van der Waals surface area contributed by atoms with Crippen LogP contribution in [0, 0.1) is 11.8 Å². The normalized spacial score (nSPS) is 19.2. The van der Waals surface area contributed by atoms with Crippen molar-refractivity contribution in [3.05, 3.63) is 0 Å². The zero-order valence-electron chi connectivity index (χ0n) is 14.1. The number of rotatable bonds is 7. The molecule has 0 aromatic rings. The highest BCUT2D eigenvalue weighted by Crippen LogP contribution is 2.28. The maximum Gasteiger partial charge on any atom is 0.216 e. The standard InChI is InChI=1S/C16H32N4O/c1-5-14(6-2)15-8-11-20(12-15)16(17-7-3)19-10-9-18-13(4)21/h14-15H,5-12H2,1-4H3,(H,17,19)(H,18,21). The van der Waals surface area contributed by atoms with Gasteiger partial charge in [0.1, 0.15) is 0 Å². The van der Waals surface area contributed by atoms with E-state index in [1.807, 2.05) is 0 Å². The summed E-state index contributed by atoms with van der Waals surface area (Å²) >= 11 is 0. The molecule has 0 aromatic carbocycles. The van der Waals surface area contributed by atoms with Gasteiger partial charge in [-0.25, -0.2) is 0 Å². The Labute approximate surface area is 129 Å². The summed E-state index contributed by atoms with van der Waals surface area (Å²) in [6, 6.07) is 0. The second-order valence-electron chi connectivity index (χ2n) is 5.79. The van der Waals surface area contributed by atoms with Crippen LogP contribution in [0.4, 0.5) is 0 Å². The molecule has 0 radical (unpaired) electrons. The maximum atomic E-state index is 10.9. The lowest BCUT2D eigenvalue weighted by molar-refractivity contribution is -0.118. The van der Waals surface area contributed by atoms with E-state index >= 15 is 0 Å². The van der Waals surface area contributed by atoms with Crippen molar-refractivity contribution in [1.82, 2.24) is 15.5 Å². The number of nitrogens with one attached hydrogen (secondary N) is 2. The molecule has 1 saturated heterocycles. The molecule has 5 nitrogen and oxygen atoms in total. The Bertz CT molecular complexity index is 339. The fourth-order valence-electron chi connectivity index (χ4n) is 3.14. The van der Waals surface area contributed by atoms with E-state index in [0.717, 1.165) is 37.4 Å². The molecule has 1 aliphatic rings. The first-order chi connectivity index (χ1) is 10.1. The lowest BCUT2D eigenvalue weighted by atomic mass is 9.87. The van der Waals surface area contributed by atoms with Crippen LogP contribution in [-0.4, -0.2) is 49.5 Å². The molecule has 2 N–H and O–H groups in total. The van der Waals surface area contributed by atoms with Gasteiger partial charge in [0.25, 0.3) is 0 Å². The lowest BCUT2D eigenvalue weighted by Crippen LogP contribution is -2.41. The fourth-order valence-corrected chi connectivity index (χ4v) is 3.14. The molecule has 1 amide bonds. The van der Waals surface area contributed by atoms with Gasteiger partial charge in [-0.15, -0.1) is 0 Å². The number of aliphatic imine (C=N–C) groups is 1. The van der Waals surface area contributed by atoms with Gasteiger partial charge in [0.2, 0.25) is 5.91 Å². The van der Waals surface area contributed by atoms with Gasteiger partial charge in [-0.05, 0) is 25.2 Å². The van der Waals surface area contributed by atoms with E-state index in [9.17, 15) is 4.79 Å². The molecule has 1 atom stereocenters. The second-order valence-corrected chi connectivity index (χ2v) is 5.79. The predicted molar refractivity (Wildman–Crippen MR) is 88.4 cm³/mol. The molecular formula is C16H32N4O. The first kappa shape index (κ1) is 17.8. The minimum atomic E-state index is 0.00479. The highest BCUT2D eigenvalue weighted by Gasteiger charge is 2.29. The summed E-state index contributed by atoms with van der Waals surface area (Å²) in [4.78, 5) is 17.9. The molecule has 1 fully saturated rings. The SMILES string of the molecule is CCNC(=NCCNC(C)=O)N1CCC(C(CC)CC)C1. The van der Waals surface area contributed by atoms with Gasteiger partial charge < -0.3 is 15.5 Å². The largest absolute Gasteiger partial charge is 0.357 e. The summed E-state index contributed by atoms with van der Waals surface area (Å²) in [5, 5.41) is 6.16. The van der Waals surface area contributed by atoms with Crippen LogP contribution in [0.2, 0.25) is 0 Å². The molecule has 21 heavy (non-hydrogen) atoms. The minimum Gasteiger partial charge on any atom is -0.357 e. The fraction of sp³-hybridized carbons (Fsp3) is 0.875. The maximum absolute atomic E-state index is 10.9. The number of carbonyl (C=O) groups excluding carboxylic acids is 1. The molecule has 5 heteroatoms. The van der Waals surface area contributed by atoms with Crippen LogP contribution in [0.15, 0.2) is 4.99 Å². The molecule has 1 rings (SSSR count). The number of carbonyl (C=O) groups is 1. The Kier molecular flexibility index (Phi) is 8.16. The number of hydrogen-bond acceptors (Lipinski definition) is 2. The summed E-state index contributed by atoms with van der Waals surface area (Å²) in [6.45, 7) is 12.5. The Morgan fingerprint density at radius 3 is 2.57 bits per heavy atom. The summed E-state index contributed by atoms with van der Waals surface area (Å²) < 4.78 is 0. The molecular weight excluding hydrogens is 264 g/mol. The quantitative estimate of drug-likeness (QED) is 0.428. The third kappa shape index (κ3) is 5.94. The van der Waals surface area contributed by atoms with E-state index in [0.29, 0.717) is 13.1 Å². The van der Waals surface area contributed by atoms with Crippen LogP contribution >= 0.6 is 0 Å². The van der Waals surface area contributed by atoms with Gasteiger partial charge >= 0.3 is 0 Å². The molecule has 0 saturated carbocycles. The van der Waals surface area contributed by atoms with E-state index in [4.69, 9.17) is 0 Å². The Morgan fingerprint density at radius 2 is 2.00 bits per heavy atom. The zero-order chi connectivity index (χ0) is 15.7. The van der Waals surface area contributed by atoms with Gasteiger partial charge in [-0.2, -0.15) is 0 Å². The van der Waals surface area contributed by atoms with Crippen molar-refractivity contribution in [2.75, 3.05) is 32.7 Å². The molecule has 0 aliphatic carbocycles. The third-order valence-electron chi connectivity index (χ3n) is 4.32. The molecule has 1 heterocycles. The van der Waals surface area contributed by atoms with Crippen molar-refractivity contribution in [3.8, 4) is 0 Å². The van der Waals surface area contributed by atoms with Crippen molar-refractivity contribution in [2.24, 2.45) is 16.8 Å². The molecule has 0 aromatic heterocycles. The number of nitrogens with zero attached hydrogens (tertiary/aromatic N) is 2. The van der Waals surface area contributed by atoms with Gasteiger partial charge in [0.05, 0.1) is 6.54 Å². The highest BCUT2D eigenvalue weighted by atomic mass is 16.1. The van der Waals surface area contributed by atoms with Crippen molar-refractivity contribution in [3.63, 3.8) is 0 Å². The van der Waals surface area contributed by atoms with Crippen molar-refractivity contribution in [1.29, 1.82) is 0 Å². The average Bonchev–Trinajstić information content (AvgIpc) is 2.93. The topological polar surface area (TPSA) is 56.7 Å². The van der Waals surface area contributed by atoms with Gasteiger partial charge in [0.15, 0.2) is 5.96 Å².